The lowest BCUT2D eigenvalue weighted by atomic mass is 10.1. The molecule has 5 nitrogen and oxygen atoms in total. The Hall–Kier alpha value is -2.00. The van der Waals surface area contributed by atoms with Gasteiger partial charge in [0.2, 0.25) is 11.8 Å². The van der Waals surface area contributed by atoms with Crippen LogP contribution in [0.25, 0.3) is 0 Å². The normalized spacial score (nSPS) is 9.35. The molecule has 0 bridgehead atoms. The fourth-order valence-electron chi connectivity index (χ4n) is 1.48. The van der Waals surface area contributed by atoms with Crippen LogP contribution in [-0.2, 0) is 11.3 Å². The van der Waals surface area contributed by atoms with Gasteiger partial charge in [0.1, 0.15) is 0 Å². The van der Waals surface area contributed by atoms with Crippen LogP contribution in [0.5, 0.6) is 17.2 Å². The van der Waals surface area contributed by atoms with Crippen LogP contribution >= 0.6 is 0 Å². The molecular formula is C12H15NO4. The molecule has 0 fully saturated rings. The number of hydrogen-bond acceptors (Lipinski definition) is 5. The van der Waals surface area contributed by atoms with E-state index in [2.05, 4.69) is 4.99 Å². The Morgan fingerprint density at radius 2 is 2.00 bits per heavy atom. The summed E-state index contributed by atoms with van der Waals surface area (Å²) >= 11 is 0. The Morgan fingerprint density at radius 3 is 2.53 bits per heavy atom. The van der Waals surface area contributed by atoms with Crippen LogP contribution in [-0.4, -0.2) is 26.9 Å². The Labute approximate surface area is 100 Å². The molecule has 0 heterocycles. The number of benzene rings is 1. The van der Waals surface area contributed by atoms with Crippen LogP contribution in [0.2, 0.25) is 0 Å². The first-order valence-corrected chi connectivity index (χ1v) is 5.18. The average molecular weight is 237 g/mol. The highest BCUT2D eigenvalue weighted by Crippen LogP contribution is 2.40. The number of aliphatic imine (C=N–C) groups is 1. The summed E-state index contributed by atoms with van der Waals surface area (Å²) in [5.41, 5.74) is 0.757. The van der Waals surface area contributed by atoms with Crippen molar-refractivity contribution in [2.45, 2.75) is 13.5 Å². The molecule has 0 aliphatic heterocycles. The quantitative estimate of drug-likeness (QED) is 0.560. The summed E-state index contributed by atoms with van der Waals surface area (Å²) in [6, 6.07) is 3.53. The second-order valence-electron chi connectivity index (χ2n) is 3.13. The first-order valence-electron chi connectivity index (χ1n) is 5.18. The average Bonchev–Trinajstić information content (AvgIpc) is 2.37. The van der Waals surface area contributed by atoms with E-state index < -0.39 is 0 Å². The van der Waals surface area contributed by atoms with Crippen LogP contribution in [0.1, 0.15) is 12.5 Å². The minimum absolute atomic E-state index is 0.208. The molecule has 17 heavy (non-hydrogen) atoms. The monoisotopic (exact) mass is 237 g/mol. The highest BCUT2D eigenvalue weighted by Gasteiger charge is 2.15. The van der Waals surface area contributed by atoms with Gasteiger partial charge in [0.15, 0.2) is 11.5 Å². The summed E-state index contributed by atoms with van der Waals surface area (Å²) in [4.78, 5) is 13.7. The number of ether oxygens (including phenoxy) is 3. The molecule has 0 aliphatic rings. The maximum Gasteiger partial charge on any atom is 0.235 e. The molecule has 0 N–H and O–H groups in total. The van der Waals surface area contributed by atoms with Gasteiger partial charge in [-0.25, -0.2) is 9.79 Å². The SMILES string of the molecule is CCOc1c(CN=C=O)ccc(OC)c1OC. The first kappa shape index (κ1) is 13.1. The van der Waals surface area contributed by atoms with E-state index >= 15 is 0 Å². The van der Waals surface area contributed by atoms with Gasteiger partial charge >= 0.3 is 0 Å². The Balaban J connectivity index is 3.24. The van der Waals surface area contributed by atoms with Crippen molar-refractivity contribution in [3.05, 3.63) is 17.7 Å². The number of nitrogens with zero attached hydrogens (tertiary/aromatic N) is 1. The highest BCUT2D eigenvalue weighted by atomic mass is 16.5. The van der Waals surface area contributed by atoms with Crippen LogP contribution in [0.4, 0.5) is 0 Å². The topological polar surface area (TPSA) is 57.1 Å². The van der Waals surface area contributed by atoms with Crippen molar-refractivity contribution in [2.75, 3.05) is 20.8 Å². The molecule has 0 atom stereocenters. The van der Waals surface area contributed by atoms with Gasteiger partial charge in [0, 0.05) is 5.56 Å². The fraction of sp³-hybridized carbons (Fsp3) is 0.417. The third-order valence-electron chi connectivity index (χ3n) is 2.18. The smallest absolute Gasteiger partial charge is 0.235 e. The molecule has 5 heteroatoms. The van der Waals surface area contributed by atoms with E-state index in [1.54, 1.807) is 19.2 Å². The molecule has 0 aliphatic carbocycles. The van der Waals surface area contributed by atoms with Gasteiger partial charge < -0.3 is 14.2 Å². The van der Waals surface area contributed by atoms with Crippen molar-refractivity contribution < 1.29 is 19.0 Å². The largest absolute Gasteiger partial charge is 0.493 e. The van der Waals surface area contributed by atoms with E-state index in [0.717, 1.165) is 5.56 Å². The predicted octanol–water partition coefficient (Wildman–Crippen LogP) is 1.94. The van der Waals surface area contributed by atoms with Crippen molar-refractivity contribution in [3.63, 3.8) is 0 Å². The van der Waals surface area contributed by atoms with Crippen LogP contribution in [0.3, 0.4) is 0 Å². The number of rotatable bonds is 6. The minimum Gasteiger partial charge on any atom is -0.493 e. The second kappa shape index (κ2) is 6.55. The molecule has 1 aromatic carbocycles. The summed E-state index contributed by atoms with van der Waals surface area (Å²) in [5.74, 6) is 1.64. The van der Waals surface area contributed by atoms with E-state index in [1.807, 2.05) is 6.92 Å². The van der Waals surface area contributed by atoms with E-state index in [0.29, 0.717) is 23.9 Å². The molecule has 92 valence electrons. The van der Waals surface area contributed by atoms with Gasteiger partial charge in [-0.15, -0.1) is 0 Å². The van der Waals surface area contributed by atoms with Gasteiger partial charge in [-0.3, -0.25) is 0 Å². The molecule has 0 aromatic heterocycles. The minimum atomic E-state index is 0.208. The molecule has 1 rings (SSSR count). The second-order valence-corrected chi connectivity index (χ2v) is 3.13. The van der Waals surface area contributed by atoms with Crippen molar-refractivity contribution in [1.82, 2.24) is 0 Å². The Bertz CT molecular complexity index is 425. The Morgan fingerprint density at radius 1 is 1.24 bits per heavy atom. The van der Waals surface area contributed by atoms with E-state index in [9.17, 15) is 4.79 Å². The summed E-state index contributed by atoms with van der Waals surface area (Å²) in [5, 5.41) is 0. The number of hydrogen-bond donors (Lipinski definition) is 0. The zero-order chi connectivity index (χ0) is 12.7. The van der Waals surface area contributed by atoms with E-state index in [4.69, 9.17) is 14.2 Å². The van der Waals surface area contributed by atoms with Crippen LogP contribution < -0.4 is 14.2 Å². The third-order valence-corrected chi connectivity index (χ3v) is 2.18. The van der Waals surface area contributed by atoms with E-state index in [1.165, 1.54) is 13.2 Å². The lowest BCUT2D eigenvalue weighted by Crippen LogP contribution is -2.01. The lowest BCUT2D eigenvalue weighted by molar-refractivity contribution is 0.294. The maximum absolute atomic E-state index is 10.1. The highest BCUT2D eigenvalue weighted by molar-refractivity contribution is 5.56. The molecule has 0 amide bonds. The van der Waals surface area contributed by atoms with Crippen molar-refractivity contribution in [2.24, 2.45) is 4.99 Å². The van der Waals surface area contributed by atoms with Gasteiger partial charge in [-0.1, -0.05) is 0 Å². The molecule has 0 saturated heterocycles. The molecule has 0 unspecified atom stereocenters. The number of methoxy groups -OCH3 is 2. The third kappa shape index (κ3) is 2.98. The van der Waals surface area contributed by atoms with Crippen LogP contribution in [0, 0.1) is 0 Å². The zero-order valence-corrected chi connectivity index (χ0v) is 10.1. The van der Waals surface area contributed by atoms with Crippen LogP contribution in [0.15, 0.2) is 17.1 Å². The fourth-order valence-corrected chi connectivity index (χ4v) is 1.48. The van der Waals surface area contributed by atoms with Gasteiger partial charge in [0.25, 0.3) is 0 Å². The molecular weight excluding hydrogens is 222 g/mol. The number of carbonyl (C=O) groups excluding carboxylic acids is 1. The van der Waals surface area contributed by atoms with Gasteiger partial charge in [-0.05, 0) is 19.1 Å². The molecule has 0 spiro atoms. The zero-order valence-electron chi connectivity index (χ0n) is 10.1. The maximum atomic E-state index is 10.1. The molecule has 1 aromatic rings. The summed E-state index contributed by atoms with van der Waals surface area (Å²) in [6.45, 7) is 2.56. The van der Waals surface area contributed by atoms with Crippen molar-refractivity contribution >= 4 is 6.08 Å². The van der Waals surface area contributed by atoms with Gasteiger partial charge in [-0.2, -0.15) is 0 Å². The standard InChI is InChI=1S/C12H15NO4/c1-4-17-11-9(7-13-8-14)5-6-10(15-2)12(11)16-3/h5-6H,4,7H2,1-3H3. The van der Waals surface area contributed by atoms with E-state index in [-0.39, 0.29) is 6.54 Å². The predicted molar refractivity (Wildman–Crippen MR) is 62.5 cm³/mol. The van der Waals surface area contributed by atoms with Gasteiger partial charge in [0.05, 0.1) is 27.4 Å². The lowest BCUT2D eigenvalue weighted by Gasteiger charge is -2.15. The summed E-state index contributed by atoms with van der Waals surface area (Å²) in [6.07, 6.45) is 1.50. The van der Waals surface area contributed by atoms with Crippen molar-refractivity contribution in [3.8, 4) is 17.2 Å². The Kier molecular flexibility index (Phi) is 5.04. The summed E-state index contributed by atoms with van der Waals surface area (Å²) < 4.78 is 15.9. The van der Waals surface area contributed by atoms with Crippen molar-refractivity contribution in [1.29, 1.82) is 0 Å². The molecule has 0 saturated carbocycles. The number of isocyanates is 1. The first-order chi connectivity index (χ1) is 8.28. The molecule has 0 radical (unpaired) electrons. The summed E-state index contributed by atoms with van der Waals surface area (Å²) in [7, 11) is 3.09.